The van der Waals surface area contributed by atoms with Gasteiger partial charge in [-0.25, -0.2) is 0 Å². The second-order valence-electron chi connectivity index (χ2n) is 4.64. The van der Waals surface area contributed by atoms with Gasteiger partial charge in [-0.15, -0.1) is 0 Å². The Kier molecular flexibility index (Phi) is 4.09. The van der Waals surface area contributed by atoms with Crippen molar-refractivity contribution in [2.45, 2.75) is 13.3 Å². The number of hydrogen-bond acceptors (Lipinski definition) is 3. The van der Waals surface area contributed by atoms with E-state index in [0.29, 0.717) is 12.5 Å². The number of aromatic nitrogens is 1. The Balaban J connectivity index is 1.73. The van der Waals surface area contributed by atoms with E-state index in [2.05, 4.69) is 22.5 Å². The molecule has 0 spiro atoms. The number of carbonyl (C=O) groups is 1. The minimum atomic E-state index is 0.132. The fraction of sp³-hybridized carbons (Fsp3) is 0.538. The number of amides is 1. The van der Waals surface area contributed by atoms with Gasteiger partial charge >= 0.3 is 0 Å². The van der Waals surface area contributed by atoms with Crippen LogP contribution < -0.4 is 10.6 Å². The molecule has 0 aliphatic carbocycles. The molecule has 1 saturated heterocycles. The minimum Gasteiger partial charge on any atom is -0.355 e. The van der Waals surface area contributed by atoms with Gasteiger partial charge in [0.2, 0.25) is 5.91 Å². The van der Waals surface area contributed by atoms with Crippen LogP contribution in [0.25, 0.3) is 0 Å². The molecule has 4 heteroatoms. The van der Waals surface area contributed by atoms with Crippen LogP contribution in [0, 0.1) is 11.8 Å². The zero-order valence-electron chi connectivity index (χ0n) is 10.1. The quantitative estimate of drug-likeness (QED) is 0.800. The summed E-state index contributed by atoms with van der Waals surface area (Å²) in [6, 6.07) is 3.96. The van der Waals surface area contributed by atoms with E-state index in [1.165, 1.54) is 5.56 Å². The molecular weight excluding hydrogens is 214 g/mol. The Labute approximate surface area is 102 Å². The molecule has 1 aromatic heterocycles. The first-order valence-corrected chi connectivity index (χ1v) is 6.14. The van der Waals surface area contributed by atoms with E-state index in [1.807, 2.05) is 12.1 Å². The van der Waals surface area contributed by atoms with Crippen LogP contribution in [0.5, 0.6) is 0 Å². The smallest absolute Gasteiger partial charge is 0.224 e. The molecule has 0 radical (unpaired) electrons. The number of nitrogens with zero attached hydrogens (tertiary/aromatic N) is 1. The summed E-state index contributed by atoms with van der Waals surface area (Å²) in [6.07, 6.45) is 4.42. The highest BCUT2D eigenvalue weighted by atomic mass is 16.1. The largest absolute Gasteiger partial charge is 0.355 e. The number of pyridine rings is 1. The lowest BCUT2D eigenvalue weighted by Crippen LogP contribution is -2.35. The summed E-state index contributed by atoms with van der Waals surface area (Å²) in [7, 11) is 0. The molecule has 1 aliphatic heterocycles. The van der Waals surface area contributed by atoms with E-state index in [1.54, 1.807) is 12.4 Å². The third kappa shape index (κ3) is 3.27. The van der Waals surface area contributed by atoms with Gasteiger partial charge in [0.1, 0.15) is 0 Å². The molecule has 1 fully saturated rings. The van der Waals surface area contributed by atoms with Gasteiger partial charge in [0.05, 0.1) is 5.92 Å². The molecular formula is C13H19N3O. The maximum absolute atomic E-state index is 11.9. The van der Waals surface area contributed by atoms with Crippen LogP contribution in [-0.2, 0) is 11.2 Å². The maximum atomic E-state index is 11.9. The van der Waals surface area contributed by atoms with Gasteiger partial charge in [-0.1, -0.05) is 6.92 Å². The fourth-order valence-electron chi connectivity index (χ4n) is 2.17. The van der Waals surface area contributed by atoms with Gasteiger partial charge < -0.3 is 10.6 Å². The van der Waals surface area contributed by atoms with E-state index in [-0.39, 0.29) is 11.8 Å². The summed E-state index contributed by atoms with van der Waals surface area (Å²) < 4.78 is 0. The Morgan fingerprint density at radius 3 is 2.88 bits per heavy atom. The third-order valence-electron chi connectivity index (χ3n) is 3.32. The summed E-state index contributed by atoms with van der Waals surface area (Å²) >= 11 is 0. The van der Waals surface area contributed by atoms with Crippen molar-refractivity contribution >= 4 is 5.91 Å². The molecule has 1 aromatic rings. The number of rotatable bonds is 4. The standard InChI is InChI=1S/C13H19N3O/c1-10-8-15-9-12(10)13(17)16-7-4-11-2-5-14-6-3-11/h2-3,5-6,10,12,15H,4,7-9H2,1H3,(H,16,17)/t10-,12-/m1/s1. The average Bonchev–Trinajstić information content (AvgIpc) is 2.77. The summed E-state index contributed by atoms with van der Waals surface area (Å²) in [4.78, 5) is 15.8. The molecule has 2 rings (SSSR count). The average molecular weight is 233 g/mol. The van der Waals surface area contributed by atoms with E-state index in [9.17, 15) is 4.79 Å². The molecule has 17 heavy (non-hydrogen) atoms. The van der Waals surface area contributed by atoms with Gasteiger partial charge in [-0.3, -0.25) is 9.78 Å². The molecule has 2 heterocycles. The van der Waals surface area contributed by atoms with Crippen molar-refractivity contribution in [1.82, 2.24) is 15.6 Å². The monoisotopic (exact) mass is 233 g/mol. The van der Waals surface area contributed by atoms with Gasteiger partial charge in [0.25, 0.3) is 0 Å². The van der Waals surface area contributed by atoms with E-state index in [0.717, 1.165) is 19.5 Å². The van der Waals surface area contributed by atoms with E-state index in [4.69, 9.17) is 0 Å². The molecule has 1 amide bonds. The van der Waals surface area contributed by atoms with Crippen molar-refractivity contribution in [2.75, 3.05) is 19.6 Å². The number of hydrogen-bond donors (Lipinski definition) is 2. The summed E-state index contributed by atoms with van der Waals surface area (Å²) in [5, 5.41) is 6.25. The van der Waals surface area contributed by atoms with Gasteiger partial charge in [0, 0.05) is 25.5 Å². The number of nitrogens with one attached hydrogen (secondary N) is 2. The zero-order valence-corrected chi connectivity index (χ0v) is 10.1. The van der Waals surface area contributed by atoms with Crippen LogP contribution in [-0.4, -0.2) is 30.5 Å². The molecule has 0 aromatic carbocycles. The molecule has 0 unspecified atom stereocenters. The zero-order chi connectivity index (χ0) is 12.1. The van der Waals surface area contributed by atoms with Crippen LogP contribution in [0.1, 0.15) is 12.5 Å². The molecule has 2 atom stereocenters. The van der Waals surface area contributed by atoms with Crippen molar-refractivity contribution in [3.63, 3.8) is 0 Å². The Morgan fingerprint density at radius 1 is 1.47 bits per heavy atom. The molecule has 2 N–H and O–H groups in total. The Morgan fingerprint density at radius 2 is 2.24 bits per heavy atom. The lowest BCUT2D eigenvalue weighted by Gasteiger charge is -2.14. The predicted octanol–water partition coefficient (Wildman–Crippen LogP) is 0.596. The topological polar surface area (TPSA) is 54.0 Å². The highest BCUT2D eigenvalue weighted by Gasteiger charge is 2.28. The van der Waals surface area contributed by atoms with Crippen molar-refractivity contribution in [1.29, 1.82) is 0 Å². The highest BCUT2D eigenvalue weighted by Crippen LogP contribution is 2.15. The van der Waals surface area contributed by atoms with Crippen LogP contribution in [0.2, 0.25) is 0 Å². The van der Waals surface area contributed by atoms with Crippen molar-refractivity contribution in [3.8, 4) is 0 Å². The van der Waals surface area contributed by atoms with E-state index < -0.39 is 0 Å². The molecule has 4 nitrogen and oxygen atoms in total. The summed E-state index contributed by atoms with van der Waals surface area (Å²) in [5.41, 5.74) is 1.21. The third-order valence-corrected chi connectivity index (χ3v) is 3.32. The van der Waals surface area contributed by atoms with Crippen LogP contribution in [0.4, 0.5) is 0 Å². The fourth-order valence-corrected chi connectivity index (χ4v) is 2.17. The summed E-state index contributed by atoms with van der Waals surface area (Å²) in [5.74, 6) is 0.750. The highest BCUT2D eigenvalue weighted by molar-refractivity contribution is 5.79. The second kappa shape index (κ2) is 5.77. The number of carbonyl (C=O) groups excluding carboxylic acids is 1. The normalized spacial score (nSPS) is 23.6. The van der Waals surface area contributed by atoms with Gasteiger partial charge in [0.15, 0.2) is 0 Å². The first-order valence-electron chi connectivity index (χ1n) is 6.14. The second-order valence-corrected chi connectivity index (χ2v) is 4.64. The maximum Gasteiger partial charge on any atom is 0.224 e. The van der Waals surface area contributed by atoms with Crippen molar-refractivity contribution < 1.29 is 4.79 Å². The lowest BCUT2D eigenvalue weighted by atomic mass is 9.97. The van der Waals surface area contributed by atoms with Gasteiger partial charge in [-0.05, 0) is 36.6 Å². The summed E-state index contributed by atoms with van der Waals surface area (Å²) in [6.45, 7) is 4.57. The molecule has 0 bridgehead atoms. The molecule has 92 valence electrons. The molecule has 1 aliphatic rings. The van der Waals surface area contributed by atoms with Crippen molar-refractivity contribution in [3.05, 3.63) is 30.1 Å². The Hall–Kier alpha value is -1.42. The first-order chi connectivity index (χ1) is 8.27. The SMILES string of the molecule is C[C@@H]1CNC[C@H]1C(=O)NCCc1ccncc1. The minimum absolute atomic E-state index is 0.132. The predicted molar refractivity (Wildman–Crippen MR) is 66.5 cm³/mol. The first kappa shape index (κ1) is 12.0. The molecule has 0 saturated carbocycles. The van der Waals surface area contributed by atoms with Crippen LogP contribution >= 0.6 is 0 Å². The lowest BCUT2D eigenvalue weighted by molar-refractivity contribution is -0.125. The van der Waals surface area contributed by atoms with Crippen molar-refractivity contribution in [2.24, 2.45) is 11.8 Å². The van der Waals surface area contributed by atoms with Crippen LogP contribution in [0.15, 0.2) is 24.5 Å². The van der Waals surface area contributed by atoms with Gasteiger partial charge in [-0.2, -0.15) is 0 Å². The van der Waals surface area contributed by atoms with E-state index >= 15 is 0 Å². The Bertz CT molecular complexity index is 366. The van der Waals surface area contributed by atoms with Crippen LogP contribution in [0.3, 0.4) is 0 Å².